The standard InChI is InChI=1S/C12H20O4/c1-3-6-10(13)9-11(14)7-5-8-12(15)16-4-2/h3,5-6,8,10-11,13-14H,4,7,9H2,1-2H3/b6-3+,8-5+/t10-,11+/m1/s1. The second kappa shape index (κ2) is 9.12. The fourth-order valence-electron chi connectivity index (χ4n) is 1.19. The van der Waals surface area contributed by atoms with Crippen molar-refractivity contribution in [2.45, 2.75) is 38.9 Å². The van der Waals surface area contributed by atoms with Gasteiger partial charge in [0.15, 0.2) is 0 Å². The van der Waals surface area contributed by atoms with Gasteiger partial charge < -0.3 is 14.9 Å². The largest absolute Gasteiger partial charge is 0.463 e. The van der Waals surface area contributed by atoms with Crippen LogP contribution in [0, 0.1) is 0 Å². The highest BCUT2D eigenvalue weighted by Crippen LogP contribution is 2.04. The fraction of sp³-hybridized carbons (Fsp3) is 0.583. The lowest BCUT2D eigenvalue weighted by Crippen LogP contribution is -2.15. The Morgan fingerprint density at radius 1 is 1.44 bits per heavy atom. The van der Waals surface area contributed by atoms with Crippen molar-refractivity contribution in [3.8, 4) is 0 Å². The third kappa shape index (κ3) is 8.20. The Balaban J connectivity index is 3.79. The summed E-state index contributed by atoms with van der Waals surface area (Å²) in [6.45, 7) is 3.87. The number of ether oxygens (including phenoxy) is 1. The number of carbonyl (C=O) groups is 1. The van der Waals surface area contributed by atoms with Crippen LogP contribution in [0.15, 0.2) is 24.3 Å². The van der Waals surface area contributed by atoms with Crippen LogP contribution in [0.2, 0.25) is 0 Å². The van der Waals surface area contributed by atoms with E-state index in [9.17, 15) is 15.0 Å². The van der Waals surface area contributed by atoms with E-state index in [-0.39, 0.29) is 6.42 Å². The van der Waals surface area contributed by atoms with Crippen LogP contribution in [0.3, 0.4) is 0 Å². The summed E-state index contributed by atoms with van der Waals surface area (Å²) >= 11 is 0. The quantitative estimate of drug-likeness (QED) is 0.390. The summed E-state index contributed by atoms with van der Waals surface area (Å²) in [6.07, 6.45) is 5.46. The number of allylic oxidation sites excluding steroid dienone is 1. The molecule has 0 heterocycles. The lowest BCUT2D eigenvalue weighted by Gasteiger charge is -2.10. The van der Waals surface area contributed by atoms with Gasteiger partial charge in [-0.25, -0.2) is 4.79 Å². The van der Waals surface area contributed by atoms with E-state index >= 15 is 0 Å². The molecule has 0 aromatic rings. The molecule has 0 rings (SSSR count). The van der Waals surface area contributed by atoms with E-state index in [2.05, 4.69) is 4.74 Å². The Labute approximate surface area is 96.2 Å². The first-order chi connectivity index (χ1) is 7.60. The van der Waals surface area contributed by atoms with E-state index in [0.717, 1.165) is 0 Å². The van der Waals surface area contributed by atoms with Gasteiger partial charge in [-0.2, -0.15) is 0 Å². The lowest BCUT2D eigenvalue weighted by molar-refractivity contribution is -0.137. The zero-order chi connectivity index (χ0) is 12.4. The summed E-state index contributed by atoms with van der Waals surface area (Å²) in [5.74, 6) is -0.413. The van der Waals surface area contributed by atoms with E-state index < -0.39 is 18.2 Å². The number of carbonyl (C=O) groups excluding carboxylic acids is 1. The Hall–Kier alpha value is -1.13. The van der Waals surface area contributed by atoms with E-state index in [1.54, 1.807) is 32.1 Å². The third-order valence-electron chi connectivity index (χ3n) is 1.88. The maximum absolute atomic E-state index is 10.9. The average molecular weight is 228 g/mol. The van der Waals surface area contributed by atoms with Gasteiger partial charge in [0.05, 0.1) is 18.8 Å². The molecule has 0 aliphatic carbocycles. The van der Waals surface area contributed by atoms with Crippen LogP contribution < -0.4 is 0 Å². The van der Waals surface area contributed by atoms with Gasteiger partial charge in [0.1, 0.15) is 0 Å². The maximum Gasteiger partial charge on any atom is 0.330 e. The van der Waals surface area contributed by atoms with Crippen LogP contribution in [0.25, 0.3) is 0 Å². The minimum absolute atomic E-state index is 0.261. The second-order valence-corrected chi connectivity index (χ2v) is 3.37. The van der Waals surface area contributed by atoms with Gasteiger partial charge in [-0.1, -0.05) is 18.2 Å². The fourth-order valence-corrected chi connectivity index (χ4v) is 1.19. The Bertz CT molecular complexity index is 245. The molecule has 92 valence electrons. The van der Waals surface area contributed by atoms with Crippen LogP contribution in [0.4, 0.5) is 0 Å². The van der Waals surface area contributed by atoms with Crippen molar-refractivity contribution < 1.29 is 19.7 Å². The molecular formula is C12H20O4. The van der Waals surface area contributed by atoms with E-state index in [0.29, 0.717) is 13.0 Å². The second-order valence-electron chi connectivity index (χ2n) is 3.37. The van der Waals surface area contributed by atoms with Crippen molar-refractivity contribution >= 4 is 5.97 Å². The summed E-state index contributed by atoms with van der Waals surface area (Å²) in [4.78, 5) is 10.9. The van der Waals surface area contributed by atoms with Crippen LogP contribution in [-0.2, 0) is 9.53 Å². The molecule has 0 aliphatic heterocycles. The highest BCUT2D eigenvalue weighted by atomic mass is 16.5. The highest BCUT2D eigenvalue weighted by molar-refractivity contribution is 5.81. The number of aliphatic hydroxyl groups excluding tert-OH is 2. The topological polar surface area (TPSA) is 66.8 Å². The van der Waals surface area contributed by atoms with Gasteiger partial charge in [0, 0.05) is 12.5 Å². The molecule has 2 N–H and O–H groups in total. The molecule has 0 fully saturated rings. The van der Waals surface area contributed by atoms with E-state index in [1.165, 1.54) is 6.08 Å². The molecule has 0 spiro atoms. The molecule has 0 radical (unpaired) electrons. The Morgan fingerprint density at radius 3 is 2.69 bits per heavy atom. The van der Waals surface area contributed by atoms with Crippen molar-refractivity contribution in [2.24, 2.45) is 0 Å². The molecule has 16 heavy (non-hydrogen) atoms. The molecule has 0 saturated heterocycles. The minimum atomic E-state index is -0.656. The highest BCUT2D eigenvalue weighted by Gasteiger charge is 2.07. The lowest BCUT2D eigenvalue weighted by atomic mass is 10.1. The van der Waals surface area contributed by atoms with Crippen molar-refractivity contribution in [2.75, 3.05) is 6.61 Å². The van der Waals surface area contributed by atoms with Gasteiger partial charge in [-0.05, 0) is 20.3 Å². The van der Waals surface area contributed by atoms with Gasteiger partial charge in [0.2, 0.25) is 0 Å². The van der Waals surface area contributed by atoms with Crippen LogP contribution in [0.1, 0.15) is 26.7 Å². The number of rotatable bonds is 7. The molecule has 0 unspecified atom stereocenters. The van der Waals surface area contributed by atoms with Gasteiger partial charge in [0.25, 0.3) is 0 Å². The predicted octanol–water partition coefficient (Wildman–Crippen LogP) is 1.18. The van der Waals surface area contributed by atoms with E-state index in [4.69, 9.17) is 0 Å². The van der Waals surface area contributed by atoms with Crippen LogP contribution in [0.5, 0.6) is 0 Å². The van der Waals surface area contributed by atoms with Crippen molar-refractivity contribution in [3.05, 3.63) is 24.3 Å². The smallest absolute Gasteiger partial charge is 0.330 e. The number of hydrogen-bond acceptors (Lipinski definition) is 4. The van der Waals surface area contributed by atoms with Crippen molar-refractivity contribution in [3.63, 3.8) is 0 Å². The first-order valence-electron chi connectivity index (χ1n) is 5.42. The molecular weight excluding hydrogens is 208 g/mol. The summed E-state index contributed by atoms with van der Waals surface area (Å²) in [5.41, 5.74) is 0. The molecule has 4 nitrogen and oxygen atoms in total. The number of esters is 1. The predicted molar refractivity (Wildman–Crippen MR) is 61.8 cm³/mol. The summed E-state index contributed by atoms with van der Waals surface area (Å²) in [6, 6.07) is 0. The first-order valence-corrected chi connectivity index (χ1v) is 5.42. The summed E-state index contributed by atoms with van der Waals surface area (Å²) < 4.78 is 4.68. The zero-order valence-electron chi connectivity index (χ0n) is 9.80. The first kappa shape index (κ1) is 14.9. The normalized spacial score (nSPS) is 15.5. The number of aliphatic hydroxyl groups is 2. The van der Waals surface area contributed by atoms with Crippen molar-refractivity contribution in [1.29, 1.82) is 0 Å². The van der Waals surface area contributed by atoms with Crippen molar-refractivity contribution in [1.82, 2.24) is 0 Å². The summed E-state index contributed by atoms with van der Waals surface area (Å²) in [5, 5.41) is 18.8. The van der Waals surface area contributed by atoms with Crippen LogP contribution in [-0.4, -0.2) is 35.0 Å². The Kier molecular flexibility index (Phi) is 8.48. The number of hydrogen-bond donors (Lipinski definition) is 2. The van der Waals surface area contributed by atoms with E-state index in [1.807, 2.05) is 0 Å². The molecule has 0 aromatic carbocycles. The average Bonchev–Trinajstić information content (AvgIpc) is 2.18. The molecule has 0 aliphatic rings. The monoisotopic (exact) mass is 228 g/mol. The Morgan fingerprint density at radius 2 is 2.12 bits per heavy atom. The summed E-state index contributed by atoms with van der Waals surface area (Å²) in [7, 11) is 0. The molecule has 0 amide bonds. The molecule has 2 atom stereocenters. The van der Waals surface area contributed by atoms with Gasteiger partial charge in [-0.15, -0.1) is 0 Å². The third-order valence-corrected chi connectivity index (χ3v) is 1.88. The maximum atomic E-state index is 10.9. The molecule has 0 bridgehead atoms. The molecule has 0 saturated carbocycles. The van der Waals surface area contributed by atoms with Crippen LogP contribution >= 0.6 is 0 Å². The van der Waals surface area contributed by atoms with Gasteiger partial charge in [-0.3, -0.25) is 0 Å². The molecule has 4 heteroatoms. The SMILES string of the molecule is C/C=C/[C@@H](O)C[C@@H](O)C/C=C/C(=O)OCC. The van der Waals surface area contributed by atoms with Gasteiger partial charge >= 0.3 is 5.97 Å². The zero-order valence-corrected chi connectivity index (χ0v) is 9.80. The minimum Gasteiger partial charge on any atom is -0.463 e. The molecule has 0 aromatic heterocycles.